The summed E-state index contributed by atoms with van der Waals surface area (Å²) >= 11 is 11.7. The predicted molar refractivity (Wildman–Crippen MR) is 373 cm³/mol. The second-order valence-electron chi connectivity index (χ2n) is 21.5. The molecule has 0 aliphatic heterocycles. The van der Waals surface area contributed by atoms with Crippen LogP contribution in [0.2, 0.25) is 10.3 Å². The molecule has 6 amide bonds. The van der Waals surface area contributed by atoms with Crippen LogP contribution in [-0.4, -0.2) is 196 Å². The highest BCUT2D eigenvalue weighted by molar-refractivity contribution is 6.32. The highest BCUT2D eigenvalue weighted by Gasteiger charge is 2.28. The molecule has 2 aromatic heterocycles. The molecule has 40 heteroatoms. The Morgan fingerprint density at radius 1 is 0.424 bits per heavy atom. The topological polar surface area (TPSA) is 643 Å². The van der Waals surface area contributed by atoms with Gasteiger partial charge in [0.1, 0.15) is 36.8 Å². The molecule has 0 radical (unpaired) electrons. The summed E-state index contributed by atoms with van der Waals surface area (Å²) in [7, 11) is 0. The molecular weight excluding hydrogens is 1340 g/mol. The van der Waals surface area contributed by atoms with Crippen molar-refractivity contribution in [2.75, 3.05) is 115 Å². The van der Waals surface area contributed by atoms with Gasteiger partial charge in [-0.3, -0.25) is 49.4 Å². The number of nitrogen functional groups attached to an aromatic ring is 4. The highest BCUT2D eigenvalue weighted by Crippen LogP contribution is 2.20. The van der Waals surface area contributed by atoms with Gasteiger partial charge in [0.2, 0.25) is 23.6 Å². The van der Waals surface area contributed by atoms with Crippen LogP contribution in [0.4, 0.5) is 23.3 Å². The Labute approximate surface area is 581 Å². The zero-order valence-electron chi connectivity index (χ0n) is 54.8. The van der Waals surface area contributed by atoms with Crippen LogP contribution in [0.25, 0.3) is 0 Å². The fourth-order valence-electron chi connectivity index (χ4n) is 8.45. The van der Waals surface area contributed by atoms with E-state index in [0.29, 0.717) is 50.3 Å². The maximum Gasteiger partial charge on any atom is 0.280 e. The maximum atomic E-state index is 13.7. The molecule has 0 aliphatic rings. The summed E-state index contributed by atoms with van der Waals surface area (Å²) < 4.78 is 34.1. The van der Waals surface area contributed by atoms with Crippen molar-refractivity contribution in [3.8, 4) is 11.5 Å². The minimum atomic E-state index is -1.10. The van der Waals surface area contributed by atoms with Gasteiger partial charge in [0.15, 0.2) is 68.8 Å². The lowest BCUT2D eigenvalue weighted by atomic mass is 10.0. The Hall–Kier alpha value is -9.96. The van der Waals surface area contributed by atoms with Gasteiger partial charge in [0.05, 0.1) is 78.0 Å². The summed E-state index contributed by atoms with van der Waals surface area (Å²) in [5.74, 6) is -3.78. The lowest BCUT2D eigenvalue weighted by Crippen LogP contribution is -2.53. The number of aliphatic imine (C=N–C) groups is 4. The van der Waals surface area contributed by atoms with Crippen molar-refractivity contribution in [2.24, 2.45) is 65.8 Å². The number of benzene rings is 2. The van der Waals surface area contributed by atoms with E-state index in [-0.39, 0.29) is 193 Å². The summed E-state index contributed by atoms with van der Waals surface area (Å²) in [5.41, 5.74) is 69.5. The zero-order valence-corrected chi connectivity index (χ0v) is 56.3. The molecular formula is C59H92Cl2N26O12. The van der Waals surface area contributed by atoms with Crippen LogP contribution in [0.1, 0.15) is 89.9 Å². The van der Waals surface area contributed by atoms with E-state index in [2.05, 4.69) is 71.8 Å². The number of nitrogens with zero attached hydrogens (tertiary/aromatic N) is 8. The number of guanidine groups is 4. The van der Waals surface area contributed by atoms with Crippen molar-refractivity contribution in [3.63, 3.8) is 0 Å². The molecule has 0 saturated carbocycles. The maximum absolute atomic E-state index is 13.7. The van der Waals surface area contributed by atoms with E-state index in [1.54, 1.807) is 48.5 Å². The molecule has 2 aromatic carbocycles. The quantitative estimate of drug-likeness (QED) is 0.0118. The largest absolute Gasteiger partial charge is 0.491 e. The molecule has 0 bridgehead atoms. The Balaban J connectivity index is 1.20. The normalized spacial score (nSPS) is 12.6. The summed E-state index contributed by atoms with van der Waals surface area (Å²) in [6.45, 7) is 3.08. The van der Waals surface area contributed by atoms with Gasteiger partial charge in [0.25, 0.3) is 11.8 Å². The van der Waals surface area contributed by atoms with Gasteiger partial charge in [-0.15, -0.1) is 0 Å². The van der Waals surface area contributed by atoms with Crippen LogP contribution in [0, 0.1) is 0 Å². The number of rotatable bonds is 46. The fraction of sp³-hybridized carbons (Fsp3) is 0.492. The number of carbonyl (C=O) groups is 6. The van der Waals surface area contributed by atoms with Crippen molar-refractivity contribution >= 4 is 106 Å². The van der Waals surface area contributed by atoms with E-state index in [0.717, 1.165) is 11.1 Å². The Morgan fingerprint density at radius 2 is 0.778 bits per heavy atom. The van der Waals surface area contributed by atoms with Crippen LogP contribution in [-0.2, 0) is 51.2 Å². The minimum absolute atomic E-state index is 0.0426. The summed E-state index contributed by atoms with van der Waals surface area (Å²) in [6.07, 6.45) is 2.97. The van der Waals surface area contributed by atoms with E-state index in [1.165, 1.54) is 0 Å². The van der Waals surface area contributed by atoms with E-state index in [9.17, 15) is 28.8 Å². The molecule has 4 atom stereocenters. The van der Waals surface area contributed by atoms with Gasteiger partial charge in [-0.2, -0.15) is 0 Å². The highest BCUT2D eigenvalue weighted by atomic mass is 35.5. The van der Waals surface area contributed by atoms with Crippen molar-refractivity contribution in [1.82, 2.24) is 51.8 Å². The third kappa shape index (κ3) is 33.2. The Kier molecular flexibility index (Phi) is 37.5. The van der Waals surface area contributed by atoms with Crippen LogP contribution >= 0.6 is 23.2 Å². The van der Waals surface area contributed by atoms with Crippen LogP contribution < -0.4 is 110 Å². The summed E-state index contributed by atoms with van der Waals surface area (Å²) in [5, 5.41) is 15.4. The molecule has 0 saturated heterocycles. The number of ether oxygens (including phenoxy) is 6. The van der Waals surface area contributed by atoms with Crippen molar-refractivity contribution < 1.29 is 57.2 Å². The van der Waals surface area contributed by atoms with Crippen LogP contribution in [0.15, 0.2) is 68.5 Å². The number of halogens is 2. The summed E-state index contributed by atoms with van der Waals surface area (Å²) in [4.78, 5) is 111. The molecule has 38 nitrogen and oxygen atoms in total. The lowest BCUT2D eigenvalue weighted by molar-refractivity contribution is -0.130. The standard InChI is InChI=1S/C59H92Cl2N26O12/c60-44-48(66)84-46(64)42(82-44)54(92)86-58(72)78-32-34-10-14-36(15-11-34)98-30-28-96-26-24-94-22-20-74-52(90)40(80-50(88)38(62)6-1-3-18-76-56(68)69)8-5-9-41(81-51(89)39(63)7-2-4-19-77-57(70)71)53(91)75-21-23-95-25-27-97-29-31-99-37-16-12-35(13-17-37)33-79-59(73)87-55(93)43-47(65)85-49(67)45(61)83-43/h10-17,38-41H,1-9,18-33,62-63H2,(H,74,90)(H,75,91)(H,80,88)(H,81,89)(H4,64,66,84)(H4,65,67,85)(H4,68,69,76)(H4,70,71,77)(H3,72,78,86,92)(H3,73,79,87,93)/t38-,39-,40?,41?/m1/s1. The number of amides is 6. The smallest absolute Gasteiger partial charge is 0.280 e. The molecule has 99 heavy (non-hydrogen) atoms. The first-order valence-corrected chi connectivity index (χ1v) is 32.1. The minimum Gasteiger partial charge on any atom is -0.491 e. The van der Waals surface area contributed by atoms with Crippen molar-refractivity contribution in [2.45, 2.75) is 95.0 Å². The molecule has 4 rings (SSSR count). The number of aromatic nitrogens is 4. The van der Waals surface area contributed by atoms with E-state index in [1.807, 2.05) is 0 Å². The van der Waals surface area contributed by atoms with E-state index >= 15 is 0 Å². The van der Waals surface area contributed by atoms with Crippen LogP contribution in [0.5, 0.6) is 11.5 Å². The number of unbranched alkanes of at least 4 members (excludes halogenated alkanes) is 2. The molecule has 544 valence electrons. The third-order valence-electron chi connectivity index (χ3n) is 13.6. The fourth-order valence-corrected chi connectivity index (χ4v) is 8.71. The molecule has 0 aliphatic carbocycles. The molecule has 2 unspecified atom stereocenters. The molecule has 2 heterocycles. The SMILES string of the molecule is NC(N)=NCCCC[C@@H](N)C(=O)NC(CCCC(NC(=O)[C@H](N)CCCCN=C(N)N)C(=O)NCCOCCOCCOc1ccc(CN=C(N)NC(=O)c2nc(Cl)c(N)nc2N)cc1)C(=O)NCCOCCOCCOc1ccc(CN=C(N)NC(=O)c2nc(Cl)c(N)nc2N)cc1. The average Bonchev–Trinajstić information content (AvgIpc) is 0.853. The Morgan fingerprint density at radius 3 is 1.14 bits per heavy atom. The second-order valence-corrected chi connectivity index (χ2v) is 22.2. The molecule has 30 N–H and O–H groups in total. The Bertz CT molecular complexity index is 3120. The predicted octanol–water partition coefficient (Wildman–Crippen LogP) is -3.17. The molecule has 4 aromatic rings. The van der Waals surface area contributed by atoms with Crippen molar-refractivity contribution in [1.29, 1.82) is 0 Å². The van der Waals surface area contributed by atoms with E-state index < -0.39 is 59.6 Å². The number of hydrogen-bond acceptors (Lipinski definition) is 26. The number of nitrogens with two attached hydrogens (primary N) is 12. The molecule has 0 fully saturated rings. The van der Waals surface area contributed by atoms with Crippen LogP contribution in [0.3, 0.4) is 0 Å². The summed E-state index contributed by atoms with van der Waals surface area (Å²) in [6, 6.07) is 9.89. The molecule has 0 spiro atoms. The van der Waals surface area contributed by atoms with E-state index in [4.69, 9.17) is 120 Å². The van der Waals surface area contributed by atoms with Gasteiger partial charge < -0.3 is 118 Å². The first-order chi connectivity index (χ1) is 47.4. The first-order valence-electron chi connectivity index (χ1n) is 31.3. The first kappa shape index (κ1) is 81.5. The van der Waals surface area contributed by atoms with Gasteiger partial charge in [-0.1, -0.05) is 47.5 Å². The van der Waals surface area contributed by atoms with Crippen molar-refractivity contribution in [3.05, 3.63) is 81.4 Å². The number of carbonyl (C=O) groups excluding carboxylic acids is 6. The average molecular weight is 1430 g/mol. The number of nitrogens with one attached hydrogen (secondary N) is 6. The second kappa shape index (κ2) is 45.5. The lowest BCUT2D eigenvalue weighted by Gasteiger charge is -2.23. The number of hydrogen-bond donors (Lipinski definition) is 18. The van der Waals surface area contributed by atoms with Gasteiger partial charge >= 0.3 is 0 Å². The van der Waals surface area contributed by atoms with Gasteiger partial charge in [-0.05, 0) is 93.2 Å². The number of anilines is 4. The zero-order chi connectivity index (χ0) is 72.5. The van der Waals surface area contributed by atoms with Gasteiger partial charge in [0, 0.05) is 26.2 Å². The monoisotopic (exact) mass is 1430 g/mol. The van der Waals surface area contributed by atoms with Gasteiger partial charge in [-0.25, -0.2) is 29.9 Å². The third-order valence-corrected chi connectivity index (χ3v) is 14.2.